The summed E-state index contributed by atoms with van der Waals surface area (Å²) in [7, 11) is 0. The summed E-state index contributed by atoms with van der Waals surface area (Å²) >= 11 is 1.75. The fraction of sp³-hybridized carbons (Fsp3) is 0.372. The first kappa shape index (κ1) is 42.6. The van der Waals surface area contributed by atoms with Crippen LogP contribution in [0, 0.1) is 55.9 Å². The molecule has 4 nitrogen and oxygen atoms in total. The number of alkyl halides is 3. The van der Waals surface area contributed by atoms with Crippen LogP contribution in [-0.4, -0.2) is 22.1 Å². The number of aromatic nitrogens is 1. The van der Waals surface area contributed by atoms with Gasteiger partial charge in [-0.05, 0) is 69.2 Å². The number of carbonyl (C=O) groups excluding carboxylic acids is 1. The smallest absolute Gasteiger partial charge is 0.401 e. The van der Waals surface area contributed by atoms with E-state index < -0.39 is 22.8 Å². The molecule has 9 heteroatoms. The Morgan fingerprint density at radius 1 is 0.942 bits per heavy atom. The molecule has 0 amide bonds. The number of allylic oxidation sites excluding steroid dienone is 2. The van der Waals surface area contributed by atoms with Crippen LogP contribution in [-0.2, 0) is 30.3 Å². The van der Waals surface area contributed by atoms with Crippen LogP contribution in [0.3, 0.4) is 0 Å². The molecule has 0 aliphatic rings. The number of fused-ring (bicyclic) bond motifs is 2. The molecule has 52 heavy (non-hydrogen) atoms. The Bertz CT molecular complexity index is 2200. The molecule has 1 radical (unpaired) electrons. The van der Waals surface area contributed by atoms with E-state index in [1.807, 2.05) is 0 Å². The van der Waals surface area contributed by atoms with Crippen LogP contribution in [0.5, 0.6) is 0 Å². The SMILES string of the molecule is CC(C)(C)/C(O)=C/C(=O)C(C)(C)C(F)(F)F.Cc1cc(C)c(-c2sc3c(-c4[c-]c5ccccc5c(C(C)(C)C)c4)ncc(C#N)c3c2C)c(C)c1.[Ir]. The van der Waals surface area contributed by atoms with Crippen LogP contribution in [0.15, 0.2) is 60.5 Å². The van der Waals surface area contributed by atoms with E-state index in [2.05, 4.69) is 103 Å². The van der Waals surface area contributed by atoms with Gasteiger partial charge in [-0.1, -0.05) is 88.4 Å². The van der Waals surface area contributed by atoms with Gasteiger partial charge in [-0.3, -0.25) is 9.78 Å². The summed E-state index contributed by atoms with van der Waals surface area (Å²) in [4.78, 5) is 17.5. The third-order valence-corrected chi connectivity index (χ3v) is 10.5. The summed E-state index contributed by atoms with van der Waals surface area (Å²) in [6, 6.07) is 21.2. The number of aliphatic hydroxyl groups is 1. The van der Waals surface area contributed by atoms with Gasteiger partial charge in [-0.15, -0.1) is 40.5 Å². The summed E-state index contributed by atoms with van der Waals surface area (Å²) in [6.45, 7) is 21.8. The van der Waals surface area contributed by atoms with Crippen LogP contribution in [0.2, 0.25) is 0 Å². The van der Waals surface area contributed by atoms with Crippen molar-refractivity contribution >= 4 is 38.0 Å². The summed E-state index contributed by atoms with van der Waals surface area (Å²) in [5.74, 6) is -1.50. The second-order valence-electron chi connectivity index (χ2n) is 15.8. The Hall–Kier alpha value is -3.83. The third kappa shape index (κ3) is 8.52. The largest absolute Gasteiger partial charge is 0.512 e. The van der Waals surface area contributed by atoms with Gasteiger partial charge in [0.25, 0.3) is 0 Å². The number of aliphatic hydroxyl groups excluding tert-OH is 1. The van der Waals surface area contributed by atoms with Crippen molar-refractivity contribution in [3.8, 4) is 27.8 Å². The number of nitriles is 1. The van der Waals surface area contributed by atoms with E-state index in [-0.39, 0.29) is 31.3 Å². The van der Waals surface area contributed by atoms with Crippen LogP contribution in [0.4, 0.5) is 13.2 Å². The van der Waals surface area contributed by atoms with Crippen LogP contribution in [0.1, 0.15) is 88.8 Å². The molecule has 1 N–H and O–H groups in total. The first-order chi connectivity index (χ1) is 23.4. The average Bonchev–Trinajstić information content (AvgIpc) is 3.34. The quantitative estimate of drug-likeness (QED) is 0.111. The number of hydrogen-bond acceptors (Lipinski definition) is 5. The van der Waals surface area contributed by atoms with Gasteiger partial charge in [0.2, 0.25) is 0 Å². The molecule has 0 fully saturated rings. The van der Waals surface area contributed by atoms with Crippen molar-refractivity contribution < 1.29 is 43.2 Å². The molecule has 5 aromatic rings. The Kier molecular flexibility index (Phi) is 12.5. The first-order valence-corrected chi connectivity index (χ1v) is 17.6. The number of pyridine rings is 1. The van der Waals surface area contributed by atoms with Crippen molar-refractivity contribution in [3.05, 3.63) is 99.9 Å². The number of carbonyl (C=O) groups is 1. The van der Waals surface area contributed by atoms with Crippen LogP contribution >= 0.6 is 11.3 Å². The Morgan fingerprint density at radius 2 is 1.52 bits per heavy atom. The maximum absolute atomic E-state index is 12.5. The van der Waals surface area contributed by atoms with Crippen LogP contribution in [0.25, 0.3) is 42.6 Å². The zero-order valence-electron chi connectivity index (χ0n) is 31.8. The Labute approximate surface area is 323 Å². The molecule has 0 saturated carbocycles. The van der Waals surface area contributed by atoms with Gasteiger partial charge < -0.3 is 5.11 Å². The molecule has 0 atom stereocenters. The monoisotopic (exact) mass is 904 g/mol. The molecule has 277 valence electrons. The fourth-order valence-corrected chi connectivity index (χ4v) is 7.46. The van der Waals surface area contributed by atoms with Crippen molar-refractivity contribution in [2.45, 2.75) is 94.7 Å². The number of rotatable bonds is 4. The number of nitrogens with zero attached hydrogens (tertiary/aromatic N) is 2. The zero-order chi connectivity index (χ0) is 38.4. The topological polar surface area (TPSA) is 74.0 Å². The van der Waals surface area contributed by atoms with E-state index in [0.29, 0.717) is 11.6 Å². The summed E-state index contributed by atoms with van der Waals surface area (Å²) < 4.78 is 38.6. The predicted molar refractivity (Wildman–Crippen MR) is 204 cm³/mol. The number of thiophene rings is 1. The van der Waals surface area contributed by atoms with Crippen molar-refractivity contribution in [3.63, 3.8) is 0 Å². The Morgan fingerprint density at radius 3 is 2.04 bits per heavy atom. The number of hydrogen-bond donors (Lipinski definition) is 1. The number of benzene rings is 3. The second kappa shape index (κ2) is 15.3. The summed E-state index contributed by atoms with van der Waals surface area (Å²) in [5, 5.41) is 22.7. The standard InChI is InChI=1S/C32H29N2S.C11H17F3O2.Ir/c1-18-12-19(2)27(20(3)13-18)30-21(4)28-24(16-33)17-34-29(31(28)35-30)23-14-22-10-8-9-11-25(22)26(15-23)32(5,6)7;1-9(2,3)7(15)6-8(16)10(4,5)11(12,13)14;/h8-13,15,17H,1-7H3;6,15H,1-5H3;/q-1;;/b;7-6-;. The average molecular weight is 904 g/mol. The fourth-order valence-electron chi connectivity index (χ4n) is 5.95. The minimum absolute atomic E-state index is 0. The van der Waals surface area contributed by atoms with Crippen molar-refractivity contribution in [1.29, 1.82) is 5.26 Å². The maximum Gasteiger partial charge on any atom is 0.401 e. The van der Waals surface area contributed by atoms with Crippen LogP contribution < -0.4 is 0 Å². The third-order valence-electron chi connectivity index (χ3n) is 9.18. The van der Waals surface area contributed by atoms with Crippen molar-refractivity contribution in [2.24, 2.45) is 10.8 Å². The van der Waals surface area contributed by atoms with Gasteiger partial charge in [0, 0.05) is 58.5 Å². The minimum Gasteiger partial charge on any atom is -0.512 e. The van der Waals surface area contributed by atoms with Gasteiger partial charge in [0.1, 0.15) is 17.2 Å². The van der Waals surface area contributed by atoms with Crippen molar-refractivity contribution in [2.75, 3.05) is 0 Å². The summed E-state index contributed by atoms with van der Waals surface area (Å²) in [5.41, 5.74) is 6.75. The van der Waals surface area contributed by atoms with Gasteiger partial charge in [-0.25, -0.2) is 0 Å². The molecule has 0 saturated heterocycles. The molecule has 0 aliphatic heterocycles. The van der Waals surface area contributed by atoms with E-state index in [0.717, 1.165) is 46.1 Å². The molecule has 0 unspecified atom stereocenters. The van der Waals surface area contributed by atoms with E-state index in [1.54, 1.807) is 38.3 Å². The Balaban J connectivity index is 0.000000366. The zero-order valence-corrected chi connectivity index (χ0v) is 35.0. The molecule has 0 bridgehead atoms. The van der Waals surface area contributed by atoms with Gasteiger partial charge >= 0.3 is 6.18 Å². The molecule has 0 spiro atoms. The number of halogens is 3. The van der Waals surface area contributed by atoms with Gasteiger partial charge in [0.15, 0.2) is 5.78 Å². The second-order valence-corrected chi connectivity index (χ2v) is 16.8. The predicted octanol–water partition coefficient (Wildman–Crippen LogP) is 12.6. The minimum atomic E-state index is -4.63. The number of ketones is 1. The maximum atomic E-state index is 12.5. The van der Waals surface area contributed by atoms with E-state index in [9.17, 15) is 28.3 Å². The van der Waals surface area contributed by atoms with Crippen molar-refractivity contribution in [1.82, 2.24) is 4.98 Å². The summed E-state index contributed by atoms with van der Waals surface area (Å²) in [6.07, 6.45) is -2.23. The van der Waals surface area contributed by atoms with E-state index in [4.69, 9.17) is 4.98 Å². The molecular formula is C43H46F3IrN2O2S-. The normalized spacial score (nSPS) is 12.6. The van der Waals surface area contributed by atoms with E-state index >= 15 is 0 Å². The molecule has 5 rings (SSSR count). The van der Waals surface area contributed by atoms with Gasteiger partial charge in [0.05, 0.1) is 5.56 Å². The molecule has 3 aromatic carbocycles. The first-order valence-electron chi connectivity index (χ1n) is 16.8. The molecular weight excluding hydrogens is 858 g/mol. The molecule has 0 aliphatic carbocycles. The number of aryl methyl sites for hydroxylation is 4. The van der Waals surface area contributed by atoms with E-state index in [1.165, 1.54) is 38.1 Å². The molecule has 2 heterocycles. The van der Waals surface area contributed by atoms with Gasteiger partial charge in [-0.2, -0.15) is 18.4 Å². The molecule has 2 aromatic heterocycles.